The van der Waals surface area contributed by atoms with Crippen LogP contribution >= 0.6 is 0 Å². The summed E-state index contributed by atoms with van der Waals surface area (Å²) >= 11 is 0. The van der Waals surface area contributed by atoms with Crippen LogP contribution in [-0.2, 0) is 16.0 Å². The number of hydrogen-bond acceptors (Lipinski definition) is 4. The zero-order valence-electron chi connectivity index (χ0n) is 12.2. The largest absolute Gasteiger partial charge is 0.494 e. The van der Waals surface area contributed by atoms with Crippen LogP contribution in [0.4, 0.5) is 0 Å². The Morgan fingerprint density at radius 1 is 1.48 bits per heavy atom. The summed E-state index contributed by atoms with van der Waals surface area (Å²) < 4.78 is 11.0. The lowest BCUT2D eigenvalue weighted by Gasteiger charge is -2.27. The molecule has 0 fully saturated rings. The van der Waals surface area contributed by atoms with Gasteiger partial charge in [-0.2, -0.15) is 0 Å². The van der Waals surface area contributed by atoms with Crippen LogP contribution in [0.25, 0.3) is 0 Å². The number of carboxylic acid groups (broad SMARTS) is 1. The van der Waals surface area contributed by atoms with Crippen molar-refractivity contribution in [3.05, 3.63) is 23.8 Å². The van der Waals surface area contributed by atoms with Gasteiger partial charge in [0.1, 0.15) is 24.7 Å². The average molecular weight is 293 g/mol. The molecule has 6 nitrogen and oxygen atoms in total. The monoisotopic (exact) mass is 293 g/mol. The van der Waals surface area contributed by atoms with E-state index in [4.69, 9.17) is 14.6 Å². The highest BCUT2D eigenvalue weighted by Gasteiger charge is 2.29. The van der Waals surface area contributed by atoms with Crippen molar-refractivity contribution in [3.8, 4) is 11.5 Å². The fourth-order valence-corrected chi connectivity index (χ4v) is 2.38. The molecule has 0 spiro atoms. The molecule has 114 valence electrons. The smallest absolute Gasteiger partial charge is 0.323 e. The average Bonchev–Trinajstić information content (AvgIpc) is 2.45. The van der Waals surface area contributed by atoms with E-state index in [0.29, 0.717) is 13.0 Å². The van der Waals surface area contributed by atoms with Gasteiger partial charge in [-0.15, -0.1) is 0 Å². The Morgan fingerprint density at radius 2 is 2.24 bits per heavy atom. The fraction of sp³-hybridized carbons (Fsp3) is 0.467. The molecule has 1 amide bonds. The van der Waals surface area contributed by atoms with Gasteiger partial charge in [-0.05, 0) is 37.1 Å². The lowest BCUT2D eigenvalue weighted by molar-refractivity contribution is -0.145. The van der Waals surface area contributed by atoms with Crippen LogP contribution < -0.4 is 9.47 Å². The van der Waals surface area contributed by atoms with Crippen molar-refractivity contribution in [3.63, 3.8) is 0 Å². The number of rotatable bonds is 5. The van der Waals surface area contributed by atoms with Crippen LogP contribution in [0.15, 0.2) is 18.2 Å². The standard InChI is InChI=1S/C15H19NO5/c1-3-20-12-4-5-13-10(7-12)6-11(9-21-13)15(19)16(2)8-14(17)18/h4-5,7,11H,3,6,8-9H2,1-2H3,(H,17,18)/t11-/m0/s1. The normalized spacial score (nSPS) is 16.6. The highest BCUT2D eigenvalue weighted by molar-refractivity contribution is 5.83. The zero-order chi connectivity index (χ0) is 15.4. The van der Waals surface area contributed by atoms with E-state index in [1.807, 2.05) is 25.1 Å². The van der Waals surface area contributed by atoms with Gasteiger partial charge in [-0.25, -0.2) is 0 Å². The first-order valence-electron chi connectivity index (χ1n) is 6.86. The Morgan fingerprint density at radius 3 is 2.90 bits per heavy atom. The molecule has 0 aliphatic carbocycles. The van der Waals surface area contributed by atoms with Crippen molar-refractivity contribution >= 4 is 11.9 Å². The third-order valence-corrected chi connectivity index (χ3v) is 3.35. The van der Waals surface area contributed by atoms with Crippen molar-refractivity contribution in [2.75, 3.05) is 26.8 Å². The van der Waals surface area contributed by atoms with E-state index >= 15 is 0 Å². The minimum atomic E-state index is -1.03. The van der Waals surface area contributed by atoms with Crippen LogP contribution in [0.2, 0.25) is 0 Å². The second kappa shape index (κ2) is 6.47. The summed E-state index contributed by atoms with van der Waals surface area (Å²) in [6, 6.07) is 5.54. The lowest BCUT2D eigenvalue weighted by Crippen LogP contribution is -2.40. The summed E-state index contributed by atoms with van der Waals surface area (Å²) in [5, 5.41) is 8.74. The summed E-state index contributed by atoms with van der Waals surface area (Å²) in [6.45, 7) is 2.44. The molecule has 1 atom stereocenters. The van der Waals surface area contributed by atoms with Gasteiger partial charge in [0, 0.05) is 7.05 Å². The molecule has 1 aliphatic heterocycles. The van der Waals surface area contributed by atoms with E-state index in [2.05, 4.69) is 0 Å². The number of aliphatic carboxylic acids is 1. The molecule has 6 heteroatoms. The predicted octanol–water partition coefficient (Wildman–Crippen LogP) is 1.18. The number of benzene rings is 1. The number of hydrogen-bond donors (Lipinski definition) is 1. The van der Waals surface area contributed by atoms with Gasteiger partial charge < -0.3 is 19.5 Å². The summed E-state index contributed by atoms with van der Waals surface area (Å²) in [7, 11) is 1.49. The number of carbonyl (C=O) groups excluding carboxylic acids is 1. The minimum absolute atomic E-state index is 0.218. The molecule has 21 heavy (non-hydrogen) atoms. The van der Waals surface area contributed by atoms with Gasteiger partial charge in [0.15, 0.2) is 0 Å². The van der Waals surface area contributed by atoms with E-state index in [-0.39, 0.29) is 25.0 Å². The molecular formula is C15H19NO5. The Kier molecular flexibility index (Phi) is 4.67. The maximum absolute atomic E-state index is 12.2. The summed E-state index contributed by atoms with van der Waals surface area (Å²) in [6.07, 6.45) is 0.527. The van der Waals surface area contributed by atoms with Crippen LogP contribution in [0.1, 0.15) is 12.5 Å². The quantitative estimate of drug-likeness (QED) is 0.882. The molecule has 0 bridgehead atoms. The van der Waals surface area contributed by atoms with E-state index in [9.17, 15) is 9.59 Å². The van der Waals surface area contributed by atoms with Gasteiger partial charge in [-0.1, -0.05) is 0 Å². The van der Waals surface area contributed by atoms with E-state index in [0.717, 1.165) is 17.1 Å². The Balaban J connectivity index is 2.08. The van der Waals surface area contributed by atoms with Crippen molar-refractivity contribution in [2.45, 2.75) is 13.3 Å². The van der Waals surface area contributed by atoms with Crippen molar-refractivity contribution < 1.29 is 24.2 Å². The number of carbonyl (C=O) groups is 2. The van der Waals surface area contributed by atoms with E-state index < -0.39 is 5.97 Å². The first-order valence-corrected chi connectivity index (χ1v) is 6.86. The topological polar surface area (TPSA) is 76.1 Å². The van der Waals surface area contributed by atoms with Crippen LogP contribution in [-0.4, -0.2) is 48.7 Å². The molecule has 0 saturated heterocycles. The molecule has 1 heterocycles. The van der Waals surface area contributed by atoms with Gasteiger partial charge in [0.25, 0.3) is 0 Å². The summed E-state index contributed by atoms with van der Waals surface area (Å²) in [4.78, 5) is 24.1. The number of likely N-dealkylation sites (N-methyl/N-ethyl adjacent to an activating group) is 1. The van der Waals surface area contributed by atoms with Gasteiger partial charge >= 0.3 is 5.97 Å². The van der Waals surface area contributed by atoms with Crippen LogP contribution in [0, 0.1) is 5.92 Å². The van der Waals surface area contributed by atoms with Crippen LogP contribution in [0.5, 0.6) is 11.5 Å². The van der Waals surface area contributed by atoms with Crippen molar-refractivity contribution in [2.24, 2.45) is 5.92 Å². The highest BCUT2D eigenvalue weighted by Crippen LogP contribution is 2.31. The minimum Gasteiger partial charge on any atom is -0.494 e. The van der Waals surface area contributed by atoms with Gasteiger partial charge in [0.2, 0.25) is 5.91 Å². The maximum atomic E-state index is 12.2. The lowest BCUT2D eigenvalue weighted by atomic mass is 9.95. The molecular weight excluding hydrogens is 274 g/mol. The third kappa shape index (κ3) is 3.65. The number of amides is 1. The Bertz CT molecular complexity index is 543. The van der Waals surface area contributed by atoms with Crippen LogP contribution in [0.3, 0.4) is 0 Å². The highest BCUT2D eigenvalue weighted by atomic mass is 16.5. The van der Waals surface area contributed by atoms with E-state index in [1.165, 1.54) is 11.9 Å². The second-order valence-corrected chi connectivity index (χ2v) is 5.00. The zero-order valence-corrected chi connectivity index (χ0v) is 12.2. The molecule has 0 aromatic heterocycles. The van der Waals surface area contributed by atoms with Crippen molar-refractivity contribution in [1.29, 1.82) is 0 Å². The molecule has 2 rings (SSSR count). The molecule has 0 radical (unpaired) electrons. The van der Waals surface area contributed by atoms with Gasteiger partial charge in [0.05, 0.1) is 12.5 Å². The fourth-order valence-electron chi connectivity index (χ4n) is 2.38. The number of nitrogens with zero attached hydrogens (tertiary/aromatic N) is 1. The Labute approximate surface area is 123 Å². The second-order valence-electron chi connectivity index (χ2n) is 5.00. The predicted molar refractivity (Wildman–Crippen MR) is 75.6 cm³/mol. The molecule has 1 aromatic rings. The van der Waals surface area contributed by atoms with Crippen molar-refractivity contribution in [1.82, 2.24) is 4.90 Å². The molecule has 0 unspecified atom stereocenters. The number of fused-ring (bicyclic) bond motifs is 1. The third-order valence-electron chi connectivity index (χ3n) is 3.35. The first-order chi connectivity index (χ1) is 10.0. The molecule has 0 saturated carbocycles. The first kappa shape index (κ1) is 15.2. The van der Waals surface area contributed by atoms with Gasteiger partial charge in [-0.3, -0.25) is 9.59 Å². The number of carboxylic acids is 1. The van der Waals surface area contributed by atoms with E-state index in [1.54, 1.807) is 0 Å². The Hall–Kier alpha value is -2.24. The summed E-state index contributed by atoms with van der Waals surface area (Å²) in [5.74, 6) is -0.111. The SMILES string of the molecule is CCOc1ccc2c(c1)C[C@H](C(=O)N(C)CC(=O)O)CO2. The summed E-state index contributed by atoms with van der Waals surface area (Å²) in [5.41, 5.74) is 0.911. The molecule has 1 aromatic carbocycles. The maximum Gasteiger partial charge on any atom is 0.323 e. The molecule has 1 aliphatic rings. The number of ether oxygens (including phenoxy) is 2. The molecule has 1 N–H and O–H groups in total.